The second kappa shape index (κ2) is 13.2. The standard InChI is InChI=1S/C18H40O10SSi5/c1-21-34(22-2,16-15-17-11-13-18(14-12-17)29-24-23-19)28-33(10,26-31(6,7)8)27-32(9,20)25-30(3,4)5/h11-14,19-20H,15-16H2,1-10H3. The molecule has 0 aliphatic carbocycles. The molecule has 2 N–H and O–H groups in total. The monoisotopic (exact) mass is 588 g/mol. The van der Waals surface area contributed by atoms with Crippen LogP contribution >= 0.6 is 12.0 Å². The van der Waals surface area contributed by atoms with Crippen LogP contribution in [-0.2, 0) is 41.1 Å². The molecule has 0 saturated carbocycles. The van der Waals surface area contributed by atoms with Crippen LogP contribution in [0.15, 0.2) is 29.2 Å². The summed E-state index contributed by atoms with van der Waals surface area (Å²) in [6.07, 6.45) is 0.618. The van der Waals surface area contributed by atoms with Gasteiger partial charge >= 0.3 is 26.4 Å². The molecule has 0 bridgehead atoms. The summed E-state index contributed by atoms with van der Waals surface area (Å²) >= 11 is 0.894. The third-order valence-corrected chi connectivity index (χ3v) is 20.5. The molecule has 0 heterocycles. The van der Waals surface area contributed by atoms with Crippen LogP contribution in [0.1, 0.15) is 5.56 Å². The Hall–Kier alpha value is 0.254. The van der Waals surface area contributed by atoms with E-state index in [-0.39, 0.29) is 0 Å². The summed E-state index contributed by atoms with van der Waals surface area (Å²) in [5.74, 6) is 0. The molecule has 0 aromatic heterocycles. The van der Waals surface area contributed by atoms with Gasteiger partial charge in [-0.2, -0.15) is 0 Å². The molecule has 0 fully saturated rings. The third kappa shape index (κ3) is 12.5. The molecule has 0 spiro atoms. The maximum Gasteiger partial charge on any atom is 0.493 e. The molecule has 0 amide bonds. The van der Waals surface area contributed by atoms with E-state index in [1.54, 1.807) is 27.3 Å². The second-order valence-electron chi connectivity index (χ2n) is 9.85. The maximum atomic E-state index is 11.0. The zero-order valence-electron chi connectivity index (χ0n) is 21.8. The first kappa shape index (κ1) is 32.3. The predicted molar refractivity (Wildman–Crippen MR) is 142 cm³/mol. The first-order valence-electron chi connectivity index (χ1n) is 10.8. The topological polar surface area (TPSA) is 114 Å². The lowest BCUT2D eigenvalue weighted by molar-refractivity contribution is -0.432. The van der Waals surface area contributed by atoms with E-state index in [0.717, 1.165) is 22.5 Å². The number of aryl methyl sites for hydroxylation is 1. The second-order valence-corrected chi connectivity index (χ2v) is 28.5. The minimum Gasteiger partial charge on any atom is -0.417 e. The number of benzene rings is 1. The van der Waals surface area contributed by atoms with Gasteiger partial charge in [-0.15, -0.1) is 4.33 Å². The van der Waals surface area contributed by atoms with Crippen molar-refractivity contribution in [1.29, 1.82) is 0 Å². The van der Waals surface area contributed by atoms with Crippen LogP contribution in [0.3, 0.4) is 0 Å². The van der Waals surface area contributed by atoms with Gasteiger partial charge in [0.15, 0.2) is 16.6 Å². The van der Waals surface area contributed by atoms with Crippen molar-refractivity contribution in [2.45, 2.75) is 69.7 Å². The quantitative estimate of drug-likeness (QED) is 0.121. The van der Waals surface area contributed by atoms with Crippen molar-refractivity contribution >= 4 is 55.1 Å². The molecule has 2 unspecified atom stereocenters. The average Bonchev–Trinajstić information content (AvgIpc) is 2.66. The molecule has 0 radical (unpaired) electrons. The summed E-state index contributed by atoms with van der Waals surface area (Å²) in [5, 5.41) is 11.9. The fraction of sp³-hybridized carbons (Fsp3) is 0.667. The lowest BCUT2D eigenvalue weighted by atomic mass is 10.2. The lowest BCUT2D eigenvalue weighted by Gasteiger charge is -2.42. The van der Waals surface area contributed by atoms with Gasteiger partial charge in [-0.3, -0.25) is 0 Å². The largest absolute Gasteiger partial charge is 0.493 e. The molecule has 0 saturated heterocycles. The smallest absolute Gasteiger partial charge is 0.417 e. The van der Waals surface area contributed by atoms with Crippen LogP contribution in [0.2, 0.25) is 58.4 Å². The summed E-state index contributed by atoms with van der Waals surface area (Å²) in [7, 11) is -11.3. The van der Waals surface area contributed by atoms with Crippen molar-refractivity contribution in [1.82, 2.24) is 0 Å². The van der Waals surface area contributed by atoms with E-state index < -0.39 is 43.0 Å². The summed E-state index contributed by atoms with van der Waals surface area (Å²) in [6, 6.07) is 8.02. The zero-order valence-corrected chi connectivity index (χ0v) is 27.6. The molecule has 10 nitrogen and oxygen atoms in total. The summed E-state index contributed by atoms with van der Waals surface area (Å²) in [4.78, 5) is 11.8. The van der Waals surface area contributed by atoms with Crippen molar-refractivity contribution in [3.8, 4) is 0 Å². The van der Waals surface area contributed by atoms with Gasteiger partial charge in [-0.05, 0) is 63.4 Å². The minimum atomic E-state index is -3.54. The highest BCUT2D eigenvalue weighted by Crippen LogP contribution is 2.29. The Morgan fingerprint density at radius 3 is 1.74 bits per heavy atom. The van der Waals surface area contributed by atoms with Gasteiger partial charge < -0.3 is 30.1 Å². The predicted octanol–water partition coefficient (Wildman–Crippen LogP) is 4.76. The van der Waals surface area contributed by atoms with Gasteiger partial charge in [0.1, 0.15) is 0 Å². The third-order valence-electron chi connectivity index (χ3n) is 4.13. The zero-order chi connectivity index (χ0) is 26.3. The molecule has 0 aliphatic heterocycles. The Labute approximate surface area is 213 Å². The van der Waals surface area contributed by atoms with Crippen molar-refractivity contribution in [2.24, 2.45) is 0 Å². The first-order valence-corrected chi connectivity index (χ1v) is 24.8. The molecule has 1 rings (SSSR count). The Bertz CT molecular complexity index is 740. The van der Waals surface area contributed by atoms with E-state index in [2.05, 4.69) is 9.37 Å². The van der Waals surface area contributed by atoms with Gasteiger partial charge in [0.25, 0.3) is 0 Å². The number of hydrogen-bond donors (Lipinski definition) is 2. The van der Waals surface area contributed by atoms with Crippen LogP contribution in [0.4, 0.5) is 0 Å². The lowest BCUT2D eigenvalue weighted by Crippen LogP contribution is -2.64. The Morgan fingerprint density at radius 1 is 0.765 bits per heavy atom. The average molecular weight is 589 g/mol. The Kier molecular flexibility index (Phi) is 12.5. The molecule has 1 aromatic rings. The molecule has 198 valence electrons. The minimum absolute atomic E-state index is 0.475. The SMILES string of the molecule is CO[Si](CCc1ccc(SOOO)cc1)(OC)O[Si](C)(O[Si](C)(C)C)O[Si](C)(O)O[Si](C)(C)C. The van der Waals surface area contributed by atoms with Gasteiger partial charge in [-0.25, -0.2) is 5.26 Å². The normalized spacial score (nSPS) is 16.8. The molecule has 34 heavy (non-hydrogen) atoms. The van der Waals surface area contributed by atoms with Crippen LogP contribution < -0.4 is 0 Å². The summed E-state index contributed by atoms with van der Waals surface area (Å²) < 4.78 is 41.2. The van der Waals surface area contributed by atoms with Gasteiger partial charge in [0.05, 0.1) is 12.0 Å². The van der Waals surface area contributed by atoms with Gasteiger partial charge in [0, 0.05) is 38.3 Å². The van der Waals surface area contributed by atoms with Crippen molar-refractivity contribution in [2.75, 3.05) is 14.2 Å². The first-order chi connectivity index (χ1) is 15.5. The van der Waals surface area contributed by atoms with Crippen molar-refractivity contribution in [3.05, 3.63) is 29.8 Å². The van der Waals surface area contributed by atoms with Gasteiger partial charge in [0.2, 0.25) is 0 Å². The highest BCUT2D eigenvalue weighted by atomic mass is 32.2. The van der Waals surface area contributed by atoms with Gasteiger partial charge in [-0.1, -0.05) is 17.2 Å². The van der Waals surface area contributed by atoms with Crippen LogP contribution in [-0.4, -0.2) is 67.3 Å². The van der Waals surface area contributed by atoms with E-state index in [1.807, 2.05) is 63.5 Å². The Morgan fingerprint density at radius 2 is 1.29 bits per heavy atom. The number of hydrogen-bond acceptors (Lipinski definition) is 11. The highest BCUT2D eigenvalue weighted by molar-refractivity contribution is 7.94. The van der Waals surface area contributed by atoms with Crippen LogP contribution in [0, 0.1) is 0 Å². The molecular weight excluding hydrogens is 549 g/mol. The Balaban J connectivity index is 3.08. The van der Waals surface area contributed by atoms with Crippen molar-refractivity contribution < 1.29 is 44.7 Å². The molecule has 2 atom stereocenters. The summed E-state index contributed by atoms with van der Waals surface area (Å²) in [6.45, 7) is 15.5. The van der Waals surface area contributed by atoms with Crippen LogP contribution in [0.5, 0.6) is 0 Å². The number of rotatable bonds is 16. The van der Waals surface area contributed by atoms with Crippen molar-refractivity contribution in [3.63, 3.8) is 0 Å². The van der Waals surface area contributed by atoms with E-state index >= 15 is 0 Å². The maximum absolute atomic E-state index is 11.0. The van der Waals surface area contributed by atoms with Crippen LogP contribution in [0.25, 0.3) is 0 Å². The van der Waals surface area contributed by atoms with E-state index in [1.165, 1.54) is 0 Å². The fourth-order valence-corrected chi connectivity index (χ4v) is 22.1. The molecule has 1 aromatic carbocycles. The fourth-order valence-electron chi connectivity index (χ4n) is 3.32. The molecular formula is C18H40O10SSi5. The molecule has 0 aliphatic rings. The van der Waals surface area contributed by atoms with E-state index in [9.17, 15) is 4.80 Å². The highest BCUT2D eigenvalue weighted by Gasteiger charge is 2.55. The molecule has 16 heteroatoms. The van der Waals surface area contributed by atoms with E-state index in [0.29, 0.717) is 12.5 Å². The summed E-state index contributed by atoms with van der Waals surface area (Å²) in [5.41, 5.74) is 1.03. The van der Waals surface area contributed by atoms with E-state index in [4.69, 9.17) is 30.6 Å².